The topological polar surface area (TPSA) is 73.8 Å². The highest BCUT2D eigenvalue weighted by Gasteiger charge is 2.64. The normalized spacial score (nSPS) is 34.8. The number of nitrogens with zero attached hydrogens (tertiary/aromatic N) is 4. The van der Waals surface area contributed by atoms with Crippen LogP contribution in [0.15, 0.2) is 24.3 Å². The van der Waals surface area contributed by atoms with Gasteiger partial charge < -0.3 is 4.90 Å². The zero-order valence-electron chi connectivity index (χ0n) is 20.7. The molecule has 0 radical (unpaired) electrons. The lowest BCUT2D eigenvalue weighted by Gasteiger charge is -2.40. The Labute approximate surface area is 216 Å². The molecule has 0 spiro atoms. The summed E-state index contributed by atoms with van der Waals surface area (Å²) >= 11 is 1.58. The number of benzene rings is 1. The lowest BCUT2D eigenvalue weighted by molar-refractivity contribution is -0.142. The van der Waals surface area contributed by atoms with Crippen molar-refractivity contribution >= 4 is 45.0 Å². The van der Waals surface area contributed by atoms with Crippen LogP contribution in [0, 0.1) is 35.5 Å². The summed E-state index contributed by atoms with van der Waals surface area (Å²) in [4.78, 5) is 45.4. The molecule has 2 bridgehead atoms. The Morgan fingerprint density at radius 2 is 1.61 bits per heavy atom. The van der Waals surface area contributed by atoms with Crippen LogP contribution < -0.4 is 4.90 Å². The van der Waals surface area contributed by atoms with E-state index in [-0.39, 0.29) is 41.3 Å². The highest BCUT2D eigenvalue weighted by molar-refractivity contribution is 7.13. The van der Waals surface area contributed by atoms with Gasteiger partial charge in [0.25, 0.3) is 0 Å². The number of carbonyl (C=O) groups is 3. The molecule has 2 saturated heterocycles. The van der Waals surface area contributed by atoms with Gasteiger partial charge in [-0.15, -0.1) is 0 Å². The van der Waals surface area contributed by atoms with Crippen molar-refractivity contribution in [2.75, 3.05) is 44.2 Å². The first-order valence-electron chi connectivity index (χ1n) is 13.8. The first kappa shape index (κ1) is 22.8. The summed E-state index contributed by atoms with van der Waals surface area (Å²) in [5.41, 5.74) is 0. The minimum absolute atomic E-state index is 0.0263. The standard InChI is InChI=1S/C28H34N4O3S/c33-22-14-19-13-21(22)25-24(19)27(34)32(28(25)35)16-18-6-2-1-5-17(18)15-30-9-11-31(12-10-30)26-20-7-3-4-8-23(20)36-29-26/h3-4,7-8,17-19,21,24-25H,1-2,5-6,9-16H2. The second kappa shape index (κ2) is 8.91. The van der Waals surface area contributed by atoms with Crippen molar-refractivity contribution in [3.8, 4) is 0 Å². The van der Waals surface area contributed by atoms with Crippen LogP contribution in [0.3, 0.4) is 0 Å². The van der Waals surface area contributed by atoms with E-state index in [0.29, 0.717) is 24.8 Å². The largest absolute Gasteiger partial charge is 0.353 e. The molecule has 7 rings (SSSR count). The molecule has 5 fully saturated rings. The number of aromatic nitrogens is 1. The highest BCUT2D eigenvalue weighted by Crippen LogP contribution is 2.54. The summed E-state index contributed by atoms with van der Waals surface area (Å²) in [5.74, 6) is 1.58. The number of likely N-dealkylation sites (tertiary alicyclic amines) is 1. The number of imide groups is 1. The molecule has 2 aliphatic heterocycles. The smallest absolute Gasteiger partial charge is 0.233 e. The molecule has 5 aliphatic rings. The number of carbonyl (C=O) groups excluding carboxylic acids is 3. The Morgan fingerprint density at radius 3 is 2.42 bits per heavy atom. The summed E-state index contributed by atoms with van der Waals surface area (Å²) in [7, 11) is 0. The molecule has 7 nitrogen and oxygen atoms in total. The summed E-state index contributed by atoms with van der Waals surface area (Å²) in [5, 5.41) is 1.25. The summed E-state index contributed by atoms with van der Waals surface area (Å²) in [6.45, 7) is 5.61. The number of hydrogen-bond acceptors (Lipinski definition) is 7. The number of anilines is 1. The van der Waals surface area contributed by atoms with Crippen LogP contribution in [0.25, 0.3) is 10.1 Å². The Kier molecular flexibility index (Phi) is 5.65. The van der Waals surface area contributed by atoms with E-state index in [4.69, 9.17) is 4.37 Å². The zero-order valence-corrected chi connectivity index (χ0v) is 21.5. The predicted octanol–water partition coefficient (Wildman–Crippen LogP) is 3.43. The number of Topliss-reactive ketones (excluding diaryl/α,β-unsaturated/α-hetero) is 1. The Balaban J connectivity index is 0.990. The average molecular weight is 507 g/mol. The van der Waals surface area contributed by atoms with Gasteiger partial charge >= 0.3 is 0 Å². The van der Waals surface area contributed by atoms with E-state index in [9.17, 15) is 14.4 Å². The quantitative estimate of drug-likeness (QED) is 0.579. The van der Waals surface area contributed by atoms with E-state index in [2.05, 4.69) is 34.1 Å². The number of amides is 2. The van der Waals surface area contributed by atoms with Crippen LogP contribution in [0.4, 0.5) is 5.82 Å². The second-order valence-corrected chi connectivity index (χ2v) is 12.5. The Bertz CT molecular complexity index is 1200. The second-order valence-electron chi connectivity index (χ2n) is 11.7. The SMILES string of the molecule is O=C1CC2CC1C1C(=O)N(CC3CCCCC3CN3CCN(c4nsc5ccccc45)CC3)C(=O)C21. The molecule has 2 aromatic rings. The number of fused-ring (bicyclic) bond motifs is 6. The van der Waals surface area contributed by atoms with E-state index in [0.717, 1.165) is 51.4 Å². The van der Waals surface area contributed by atoms with E-state index in [1.165, 1.54) is 29.3 Å². The molecule has 2 amide bonds. The molecule has 8 heteroatoms. The van der Waals surface area contributed by atoms with Crippen LogP contribution in [-0.4, -0.2) is 71.0 Å². The molecule has 0 N–H and O–H groups in total. The van der Waals surface area contributed by atoms with Crippen LogP contribution >= 0.6 is 11.5 Å². The van der Waals surface area contributed by atoms with Gasteiger partial charge in [0.15, 0.2) is 0 Å². The van der Waals surface area contributed by atoms with Crippen molar-refractivity contribution in [3.63, 3.8) is 0 Å². The molecule has 1 aromatic heterocycles. The van der Waals surface area contributed by atoms with Crippen molar-refractivity contribution in [1.29, 1.82) is 0 Å². The Morgan fingerprint density at radius 1 is 0.889 bits per heavy atom. The lowest BCUT2D eigenvalue weighted by atomic mass is 9.78. The highest BCUT2D eigenvalue weighted by atomic mass is 32.1. The molecule has 190 valence electrons. The Hall–Kier alpha value is -2.32. The zero-order chi connectivity index (χ0) is 24.4. The maximum absolute atomic E-state index is 13.3. The molecule has 1 aromatic carbocycles. The number of ketones is 1. The van der Waals surface area contributed by atoms with Crippen molar-refractivity contribution in [2.24, 2.45) is 35.5 Å². The summed E-state index contributed by atoms with van der Waals surface area (Å²) in [6.07, 6.45) is 5.94. The number of rotatable bonds is 5. The van der Waals surface area contributed by atoms with Crippen molar-refractivity contribution in [2.45, 2.75) is 38.5 Å². The van der Waals surface area contributed by atoms with Crippen molar-refractivity contribution < 1.29 is 14.4 Å². The molecule has 6 unspecified atom stereocenters. The minimum Gasteiger partial charge on any atom is -0.353 e. The molecule has 6 atom stereocenters. The molecule has 36 heavy (non-hydrogen) atoms. The summed E-state index contributed by atoms with van der Waals surface area (Å²) < 4.78 is 5.99. The van der Waals surface area contributed by atoms with Crippen LogP contribution in [0.1, 0.15) is 38.5 Å². The lowest BCUT2D eigenvalue weighted by Crippen LogP contribution is -2.49. The molecule has 3 aliphatic carbocycles. The average Bonchev–Trinajstić information content (AvgIpc) is 3.64. The van der Waals surface area contributed by atoms with Crippen molar-refractivity contribution in [1.82, 2.24) is 14.2 Å². The van der Waals surface area contributed by atoms with Gasteiger partial charge in [0.2, 0.25) is 11.8 Å². The first-order chi connectivity index (χ1) is 17.6. The van der Waals surface area contributed by atoms with Gasteiger partial charge in [0, 0.05) is 57.0 Å². The minimum atomic E-state index is -0.347. The third-order valence-corrected chi connectivity index (χ3v) is 10.7. The predicted molar refractivity (Wildman–Crippen MR) is 139 cm³/mol. The fourth-order valence-corrected chi connectivity index (χ4v) is 8.81. The van der Waals surface area contributed by atoms with Gasteiger partial charge in [-0.05, 0) is 60.7 Å². The molecular formula is C28H34N4O3S. The monoisotopic (exact) mass is 506 g/mol. The third kappa shape index (κ3) is 3.63. The molecular weight excluding hydrogens is 472 g/mol. The van der Waals surface area contributed by atoms with Crippen LogP contribution in [-0.2, 0) is 14.4 Å². The van der Waals surface area contributed by atoms with E-state index in [1.54, 1.807) is 16.4 Å². The first-order valence-corrected chi connectivity index (χ1v) is 14.6. The number of piperazine rings is 1. The third-order valence-electron chi connectivity index (χ3n) is 9.87. The van der Waals surface area contributed by atoms with Gasteiger partial charge in [0.1, 0.15) is 11.6 Å². The van der Waals surface area contributed by atoms with Gasteiger partial charge in [-0.25, -0.2) is 0 Å². The fraction of sp³-hybridized carbons (Fsp3) is 0.643. The summed E-state index contributed by atoms with van der Waals surface area (Å²) in [6, 6.07) is 8.47. The molecule has 3 heterocycles. The van der Waals surface area contributed by atoms with Gasteiger partial charge in [-0.1, -0.05) is 25.0 Å². The van der Waals surface area contributed by atoms with E-state index < -0.39 is 0 Å². The maximum atomic E-state index is 13.3. The maximum Gasteiger partial charge on any atom is 0.233 e. The molecule has 3 saturated carbocycles. The van der Waals surface area contributed by atoms with Crippen LogP contribution in [0.2, 0.25) is 0 Å². The number of hydrogen-bond donors (Lipinski definition) is 0. The van der Waals surface area contributed by atoms with Crippen LogP contribution in [0.5, 0.6) is 0 Å². The van der Waals surface area contributed by atoms with Gasteiger partial charge in [-0.2, -0.15) is 4.37 Å². The van der Waals surface area contributed by atoms with Crippen molar-refractivity contribution in [3.05, 3.63) is 24.3 Å². The van der Waals surface area contributed by atoms with E-state index in [1.807, 2.05) is 0 Å². The fourth-order valence-electron chi connectivity index (χ4n) is 8.02. The van der Waals surface area contributed by atoms with E-state index >= 15 is 0 Å². The van der Waals surface area contributed by atoms with Gasteiger partial charge in [0.05, 0.1) is 16.5 Å². The van der Waals surface area contributed by atoms with Gasteiger partial charge in [-0.3, -0.25) is 24.2 Å².